The fourth-order valence-electron chi connectivity index (χ4n) is 1.72. The van der Waals surface area contributed by atoms with Crippen LogP contribution in [0.1, 0.15) is 25.5 Å². The lowest BCUT2D eigenvalue weighted by Gasteiger charge is -2.05. The molecule has 0 atom stereocenters. The molecule has 0 aliphatic carbocycles. The average molecular weight is 248 g/mol. The van der Waals surface area contributed by atoms with Crippen LogP contribution in [0.2, 0.25) is 0 Å². The Labute approximate surface area is 107 Å². The zero-order chi connectivity index (χ0) is 13.0. The maximum absolute atomic E-state index is 5.68. The Kier molecular flexibility index (Phi) is 4.20. The van der Waals surface area contributed by atoms with E-state index in [0.29, 0.717) is 5.92 Å². The molecule has 2 heterocycles. The van der Waals surface area contributed by atoms with E-state index >= 15 is 0 Å². The molecular weight excluding hydrogens is 228 g/mol. The predicted octanol–water partition coefficient (Wildman–Crippen LogP) is 3.03. The number of aromatic nitrogens is 1. The fraction of sp³-hybridized carbons (Fsp3) is 0.500. The van der Waals surface area contributed by atoms with Gasteiger partial charge in [-0.15, -0.1) is 0 Å². The Hall–Kier alpha value is -1.55. The summed E-state index contributed by atoms with van der Waals surface area (Å²) in [6, 6.07) is 1.95. The number of hydrogen-bond acceptors (Lipinski definition) is 4. The van der Waals surface area contributed by atoms with Crippen LogP contribution >= 0.6 is 0 Å². The van der Waals surface area contributed by atoms with Gasteiger partial charge in [-0.05, 0) is 25.5 Å². The molecule has 0 bridgehead atoms. The highest BCUT2D eigenvalue weighted by molar-refractivity contribution is 5.55. The van der Waals surface area contributed by atoms with Crippen LogP contribution in [0.5, 0.6) is 0 Å². The summed E-state index contributed by atoms with van der Waals surface area (Å²) >= 11 is 0. The monoisotopic (exact) mass is 248 g/mol. The zero-order valence-corrected chi connectivity index (χ0v) is 11.2. The van der Waals surface area contributed by atoms with Crippen molar-refractivity contribution in [1.82, 2.24) is 10.3 Å². The summed E-state index contributed by atoms with van der Waals surface area (Å²) in [4.78, 5) is 4.27. The van der Waals surface area contributed by atoms with Crippen molar-refractivity contribution in [2.24, 2.45) is 5.92 Å². The van der Waals surface area contributed by atoms with E-state index in [2.05, 4.69) is 24.1 Å². The minimum atomic E-state index is 0.666. The van der Waals surface area contributed by atoms with Crippen molar-refractivity contribution >= 4 is 0 Å². The maximum atomic E-state index is 5.68. The molecule has 0 amide bonds. The first-order chi connectivity index (χ1) is 8.65. The molecule has 4 nitrogen and oxygen atoms in total. The van der Waals surface area contributed by atoms with Gasteiger partial charge in [0.05, 0.1) is 11.8 Å². The van der Waals surface area contributed by atoms with E-state index in [0.717, 1.165) is 42.5 Å². The smallest absolute Gasteiger partial charge is 0.196 e. The SMILES string of the molecule is Cc1cc(-c2cnc(CCNCC(C)C)o2)co1. The summed E-state index contributed by atoms with van der Waals surface area (Å²) in [6.45, 7) is 8.21. The third-order valence-corrected chi connectivity index (χ3v) is 2.64. The van der Waals surface area contributed by atoms with Gasteiger partial charge in [0.15, 0.2) is 11.7 Å². The number of nitrogens with one attached hydrogen (secondary N) is 1. The van der Waals surface area contributed by atoms with Crippen molar-refractivity contribution in [3.63, 3.8) is 0 Å². The Bertz CT molecular complexity index is 485. The minimum Gasteiger partial charge on any atom is -0.469 e. The first kappa shape index (κ1) is 12.9. The average Bonchev–Trinajstić information content (AvgIpc) is 2.93. The van der Waals surface area contributed by atoms with E-state index in [9.17, 15) is 0 Å². The lowest BCUT2D eigenvalue weighted by atomic mass is 10.2. The van der Waals surface area contributed by atoms with Gasteiger partial charge in [0.25, 0.3) is 0 Å². The standard InChI is InChI=1S/C14H20N2O2/c1-10(2)7-15-5-4-14-16-8-13(18-14)12-6-11(3)17-9-12/h6,8-10,15H,4-5,7H2,1-3H3. The molecule has 18 heavy (non-hydrogen) atoms. The molecule has 2 rings (SSSR count). The van der Waals surface area contributed by atoms with Gasteiger partial charge in [0.2, 0.25) is 0 Å². The number of aryl methyl sites for hydroxylation is 1. The highest BCUT2D eigenvalue weighted by Gasteiger charge is 2.08. The quantitative estimate of drug-likeness (QED) is 0.798. The van der Waals surface area contributed by atoms with Gasteiger partial charge in [0, 0.05) is 13.0 Å². The third kappa shape index (κ3) is 3.47. The molecule has 2 aromatic heterocycles. The van der Waals surface area contributed by atoms with E-state index in [-0.39, 0.29) is 0 Å². The van der Waals surface area contributed by atoms with Crippen LogP contribution in [0.15, 0.2) is 27.4 Å². The van der Waals surface area contributed by atoms with Gasteiger partial charge in [0.1, 0.15) is 12.0 Å². The van der Waals surface area contributed by atoms with Crippen LogP contribution in [0.3, 0.4) is 0 Å². The van der Waals surface area contributed by atoms with Crippen LogP contribution in [0, 0.1) is 12.8 Å². The largest absolute Gasteiger partial charge is 0.469 e. The van der Waals surface area contributed by atoms with E-state index < -0.39 is 0 Å². The first-order valence-corrected chi connectivity index (χ1v) is 6.36. The fourth-order valence-corrected chi connectivity index (χ4v) is 1.72. The van der Waals surface area contributed by atoms with Crippen molar-refractivity contribution < 1.29 is 8.83 Å². The minimum absolute atomic E-state index is 0.666. The number of hydrogen-bond donors (Lipinski definition) is 1. The second-order valence-electron chi connectivity index (χ2n) is 4.91. The van der Waals surface area contributed by atoms with Crippen LogP contribution in [0.4, 0.5) is 0 Å². The lowest BCUT2D eigenvalue weighted by Crippen LogP contribution is -2.22. The number of rotatable bonds is 6. The van der Waals surface area contributed by atoms with Crippen molar-refractivity contribution in [2.75, 3.05) is 13.1 Å². The molecule has 0 aliphatic heterocycles. The van der Waals surface area contributed by atoms with Crippen molar-refractivity contribution in [3.05, 3.63) is 30.2 Å². The summed E-state index contributed by atoms with van der Waals surface area (Å²) < 4.78 is 10.9. The highest BCUT2D eigenvalue weighted by atomic mass is 16.4. The predicted molar refractivity (Wildman–Crippen MR) is 70.4 cm³/mol. The Morgan fingerprint density at radius 1 is 1.39 bits per heavy atom. The van der Waals surface area contributed by atoms with E-state index in [1.54, 1.807) is 12.5 Å². The molecular formula is C14H20N2O2. The molecule has 0 saturated heterocycles. The third-order valence-electron chi connectivity index (χ3n) is 2.64. The molecule has 0 aromatic carbocycles. The van der Waals surface area contributed by atoms with Gasteiger partial charge in [-0.3, -0.25) is 0 Å². The second-order valence-corrected chi connectivity index (χ2v) is 4.91. The number of nitrogens with zero attached hydrogens (tertiary/aromatic N) is 1. The molecule has 1 N–H and O–H groups in total. The normalized spacial score (nSPS) is 11.3. The first-order valence-electron chi connectivity index (χ1n) is 6.36. The van der Waals surface area contributed by atoms with Crippen LogP contribution in [-0.4, -0.2) is 18.1 Å². The van der Waals surface area contributed by atoms with E-state index in [1.165, 1.54) is 0 Å². The van der Waals surface area contributed by atoms with Crippen LogP contribution in [0.25, 0.3) is 11.3 Å². The lowest BCUT2D eigenvalue weighted by molar-refractivity contribution is 0.482. The molecule has 0 unspecified atom stereocenters. The summed E-state index contributed by atoms with van der Waals surface area (Å²) in [6.07, 6.45) is 4.25. The Morgan fingerprint density at radius 3 is 2.89 bits per heavy atom. The van der Waals surface area contributed by atoms with Gasteiger partial charge < -0.3 is 14.2 Å². The van der Waals surface area contributed by atoms with Crippen molar-refractivity contribution in [1.29, 1.82) is 0 Å². The van der Waals surface area contributed by atoms with Crippen molar-refractivity contribution in [3.8, 4) is 11.3 Å². The Balaban J connectivity index is 1.86. The molecule has 2 aromatic rings. The molecule has 0 saturated carbocycles. The molecule has 4 heteroatoms. The number of oxazole rings is 1. The number of furan rings is 1. The molecule has 0 spiro atoms. The van der Waals surface area contributed by atoms with E-state index in [1.807, 2.05) is 13.0 Å². The summed E-state index contributed by atoms with van der Waals surface area (Å²) in [5.74, 6) is 3.08. The maximum Gasteiger partial charge on any atom is 0.196 e. The summed E-state index contributed by atoms with van der Waals surface area (Å²) in [5.41, 5.74) is 0.946. The van der Waals surface area contributed by atoms with Gasteiger partial charge in [-0.2, -0.15) is 0 Å². The molecule has 0 radical (unpaired) electrons. The topological polar surface area (TPSA) is 51.2 Å². The zero-order valence-electron chi connectivity index (χ0n) is 11.2. The Morgan fingerprint density at radius 2 is 2.22 bits per heavy atom. The molecule has 98 valence electrons. The van der Waals surface area contributed by atoms with E-state index in [4.69, 9.17) is 8.83 Å². The van der Waals surface area contributed by atoms with Crippen LogP contribution < -0.4 is 5.32 Å². The van der Waals surface area contributed by atoms with Gasteiger partial charge in [-0.1, -0.05) is 13.8 Å². The van der Waals surface area contributed by atoms with Crippen LogP contribution in [-0.2, 0) is 6.42 Å². The molecule has 0 fully saturated rings. The van der Waals surface area contributed by atoms with Crippen molar-refractivity contribution in [2.45, 2.75) is 27.2 Å². The highest BCUT2D eigenvalue weighted by Crippen LogP contribution is 2.22. The van der Waals surface area contributed by atoms with Gasteiger partial charge >= 0.3 is 0 Å². The molecule has 0 aliphatic rings. The summed E-state index contributed by atoms with van der Waals surface area (Å²) in [5, 5.41) is 3.37. The summed E-state index contributed by atoms with van der Waals surface area (Å²) in [7, 11) is 0. The second kappa shape index (κ2) is 5.87. The van der Waals surface area contributed by atoms with Gasteiger partial charge in [-0.25, -0.2) is 4.98 Å².